The Morgan fingerprint density at radius 2 is 2.05 bits per heavy atom. The van der Waals surface area contributed by atoms with Gasteiger partial charge in [0.25, 0.3) is 0 Å². The fourth-order valence-electron chi connectivity index (χ4n) is 2.60. The van der Waals surface area contributed by atoms with Crippen LogP contribution in [-0.2, 0) is 0 Å². The number of halogens is 1. The number of ether oxygens (including phenoxy) is 1. The third kappa shape index (κ3) is 3.91. The number of piperidine rings is 1. The molecule has 1 heterocycles. The SMILES string of the molecule is CN1CCC(C(CO)COc2ccccc2F)CC1. The molecule has 1 aromatic rings. The number of aliphatic hydroxyl groups is 1. The largest absolute Gasteiger partial charge is 0.490 e. The highest BCUT2D eigenvalue weighted by Gasteiger charge is 2.25. The summed E-state index contributed by atoms with van der Waals surface area (Å²) in [6.45, 7) is 2.59. The number of hydrogen-bond donors (Lipinski definition) is 1. The molecule has 1 saturated heterocycles. The Morgan fingerprint density at radius 1 is 1.37 bits per heavy atom. The molecule has 1 atom stereocenters. The summed E-state index contributed by atoms with van der Waals surface area (Å²) in [5, 5.41) is 9.50. The highest BCUT2D eigenvalue weighted by atomic mass is 19.1. The molecular formula is C15H22FNO2. The monoisotopic (exact) mass is 267 g/mol. The van der Waals surface area contributed by atoms with Gasteiger partial charge in [0.15, 0.2) is 11.6 Å². The first kappa shape index (κ1) is 14.3. The van der Waals surface area contributed by atoms with E-state index < -0.39 is 0 Å². The molecule has 1 N–H and O–H groups in total. The smallest absolute Gasteiger partial charge is 0.165 e. The van der Waals surface area contributed by atoms with Crippen molar-refractivity contribution in [1.82, 2.24) is 4.90 Å². The van der Waals surface area contributed by atoms with Crippen molar-refractivity contribution < 1.29 is 14.2 Å². The van der Waals surface area contributed by atoms with Gasteiger partial charge in [-0.3, -0.25) is 0 Å². The fourth-order valence-corrected chi connectivity index (χ4v) is 2.60. The molecule has 1 aromatic carbocycles. The van der Waals surface area contributed by atoms with E-state index in [4.69, 9.17) is 4.74 Å². The standard InChI is InChI=1S/C15H22FNO2/c1-17-8-6-12(7-9-17)13(10-18)11-19-15-5-3-2-4-14(15)16/h2-5,12-13,18H,6-11H2,1H3. The summed E-state index contributed by atoms with van der Waals surface area (Å²) < 4.78 is 19.0. The third-order valence-electron chi connectivity index (χ3n) is 3.95. The fraction of sp³-hybridized carbons (Fsp3) is 0.600. The van der Waals surface area contributed by atoms with Crippen molar-refractivity contribution in [3.8, 4) is 5.75 Å². The van der Waals surface area contributed by atoms with Crippen molar-refractivity contribution in [3.05, 3.63) is 30.1 Å². The van der Waals surface area contributed by atoms with Crippen molar-refractivity contribution in [2.24, 2.45) is 11.8 Å². The van der Waals surface area contributed by atoms with Crippen LogP contribution in [0.4, 0.5) is 4.39 Å². The highest BCUT2D eigenvalue weighted by molar-refractivity contribution is 5.23. The molecule has 0 amide bonds. The second kappa shape index (κ2) is 6.87. The average molecular weight is 267 g/mol. The van der Waals surface area contributed by atoms with Gasteiger partial charge in [-0.2, -0.15) is 0 Å². The van der Waals surface area contributed by atoms with E-state index in [0.29, 0.717) is 12.5 Å². The van der Waals surface area contributed by atoms with Crippen molar-refractivity contribution in [2.75, 3.05) is 33.4 Å². The Bertz CT molecular complexity index is 391. The van der Waals surface area contributed by atoms with E-state index in [1.54, 1.807) is 18.2 Å². The topological polar surface area (TPSA) is 32.7 Å². The first-order chi connectivity index (χ1) is 9.20. The van der Waals surface area contributed by atoms with Gasteiger partial charge in [0.2, 0.25) is 0 Å². The Hall–Kier alpha value is -1.13. The Kier molecular flexibility index (Phi) is 5.16. The summed E-state index contributed by atoms with van der Waals surface area (Å²) in [6.07, 6.45) is 2.14. The van der Waals surface area contributed by atoms with E-state index in [9.17, 15) is 9.50 Å². The normalized spacial score (nSPS) is 19.3. The number of nitrogens with zero attached hydrogens (tertiary/aromatic N) is 1. The molecule has 0 aliphatic carbocycles. The van der Waals surface area contributed by atoms with Gasteiger partial charge in [0.05, 0.1) is 6.61 Å². The van der Waals surface area contributed by atoms with E-state index in [1.807, 2.05) is 0 Å². The molecule has 1 aliphatic heterocycles. The zero-order valence-electron chi connectivity index (χ0n) is 11.4. The lowest BCUT2D eigenvalue weighted by Crippen LogP contribution is -2.36. The quantitative estimate of drug-likeness (QED) is 0.887. The lowest BCUT2D eigenvalue weighted by Gasteiger charge is -2.33. The Morgan fingerprint density at radius 3 is 2.68 bits per heavy atom. The molecule has 1 aliphatic rings. The van der Waals surface area contributed by atoms with Crippen LogP contribution in [0.2, 0.25) is 0 Å². The van der Waals surface area contributed by atoms with Crippen molar-refractivity contribution in [2.45, 2.75) is 12.8 Å². The second-order valence-electron chi connectivity index (χ2n) is 5.32. The maximum atomic E-state index is 13.4. The van der Waals surface area contributed by atoms with Crippen molar-refractivity contribution in [3.63, 3.8) is 0 Å². The number of benzene rings is 1. The van der Waals surface area contributed by atoms with Gasteiger partial charge in [-0.1, -0.05) is 12.1 Å². The van der Waals surface area contributed by atoms with Crippen LogP contribution in [0.15, 0.2) is 24.3 Å². The van der Waals surface area contributed by atoms with Gasteiger partial charge in [-0.25, -0.2) is 4.39 Å². The summed E-state index contributed by atoms with van der Waals surface area (Å²) in [4.78, 5) is 2.29. The Labute approximate surface area is 114 Å². The Balaban J connectivity index is 1.87. The minimum absolute atomic E-state index is 0.0910. The van der Waals surface area contributed by atoms with E-state index in [1.165, 1.54) is 6.07 Å². The van der Waals surface area contributed by atoms with Crippen LogP contribution in [0, 0.1) is 17.7 Å². The van der Waals surface area contributed by atoms with E-state index >= 15 is 0 Å². The predicted molar refractivity (Wildman–Crippen MR) is 72.7 cm³/mol. The molecule has 4 heteroatoms. The predicted octanol–water partition coefficient (Wildman–Crippen LogP) is 2.15. The first-order valence-corrected chi connectivity index (χ1v) is 6.87. The molecule has 0 aromatic heterocycles. The van der Waals surface area contributed by atoms with Crippen LogP contribution in [0.1, 0.15) is 12.8 Å². The minimum Gasteiger partial charge on any atom is -0.490 e. The van der Waals surface area contributed by atoms with E-state index in [2.05, 4.69) is 11.9 Å². The van der Waals surface area contributed by atoms with Gasteiger partial charge in [0.1, 0.15) is 0 Å². The molecule has 0 saturated carbocycles. The molecule has 0 bridgehead atoms. The van der Waals surface area contributed by atoms with Crippen LogP contribution in [-0.4, -0.2) is 43.4 Å². The summed E-state index contributed by atoms with van der Waals surface area (Å²) in [5.41, 5.74) is 0. The minimum atomic E-state index is -0.345. The van der Waals surface area contributed by atoms with Gasteiger partial charge in [-0.15, -0.1) is 0 Å². The number of aliphatic hydroxyl groups excluding tert-OH is 1. The van der Waals surface area contributed by atoms with Gasteiger partial charge in [-0.05, 0) is 51.0 Å². The van der Waals surface area contributed by atoms with Crippen LogP contribution in [0.3, 0.4) is 0 Å². The van der Waals surface area contributed by atoms with E-state index in [0.717, 1.165) is 25.9 Å². The molecular weight excluding hydrogens is 245 g/mol. The summed E-state index contributed by atoms with van der Waals surface area (Å²) >= 11 is 0. The molecule has 1 unspecified atom stereocenters. The summed E-state index contributed by atoms with van der Waals surface area (Å²) in [6, 6.07) is 6.40. The number of para-hydroxylation sites is 1. The zero-order valence-corrected chi connectivity index (χ0v) is 11.4. The van der Waals surface area contributed by atoms with Crippen LogP contribution in [0.5, 0.6) is 5.75 Å². The van der Waals surface area contributed by atoms with Crippen molar-refractivity contribution in [1.29, 1.82) is 0 Å². The molecule has 0 spiro atoms. The van der Waals surface area contributed by atoms with Gasteiger partial charge < -0.3 is 14.7 Å². The molecule has 2 rings (SSSR count). The summed E-state index contributed by atoms with van der Waals surface area (Å²) in [7, 11) is 2.11. The first-order valence-electron chi connectivity index (χ1n) is 6.87. The maximum Gasteiger partial charge on any atom is 0.165 e. The lowest BCUT2D eigenvalue weighted by molar-refractivity contribution is 0.0795. The van der Waals surface area contributed by atoms with Crippen LogP contribution < -0.4 is 4.74 Å². The second-order valence-corrected chi connectivity index (χ2v) is 5.32. The molecule has 0 radical (unpaired) electrons. The average Bonchev–Trinajstić information content (AvgIpc) is 2.43. The van der Waals surface area contributed by atoms with Crippen molar-refractivity contribution >= 4 is 0 Å². The van der Waals surface area contributed by atoms with Crippen LogP contribution >= 0.6 is 0 Å². The molecule has 3 nitrogen and oxygen atoms in total. The highest BCUT2D eigenvalue weighted by Crippen LogP contribution is 2.26. The van der Waals surface area contributed by atoms with Gasteiger partial charge >= 0.3 is 0 Å². The summed E-state index contributed by atoms with van der Waals surface area (Å²) in [5.74, 6) is 0.484. The van der Waals surface area contributed by atoms with Gasteiger partial charge in [0, 0.05) is 12.5 Å². The number of likely N-dealkylation sites (tertiary alicyclic amines) is 1. The van der Waals surface area contributed by atoms with Crippen LogP contribution in [0.25, 0.3) is 0 Å². The number of hydrogen-bond acceptors (Lipinski definition) is 3. The lowest BCUT2D eigenvalue weighted by atomic mass is 9.85. The molecule has 106 valence electrons. The zero-order chi connectivity index (χ0) is 13.7. The van der Waals surface area contributed by atoms with E-state index in [-0.39, 0.29) is 24.1 Å². The third-order valence-corrected chi connectivity index (χ3v) is 3.95. The molecule has 1 fully saturated rings. The number of rotatable bonds is 5. The maximum absolute atomic E-state index is 13.4. The molecule has 19 heavy (non-hydrogen) atoms.